The minimum absolute atomic E-state index is 0.0276. The van der Waals surface area contributed by atoms with Gasteiger partial charge in [-0.3, -0.25) is 4.79 Å². The van der Waals surface area contributed by atoms with Gasteiger partial charge in [0.05, 0.1) is 16.5 Å². The number of rotatable bonds is 4. The summed E-state index contributed by atoms with van der Waals surface area (Å²) in [7, 11) is 0. The van der Waals surface area contributed by atoms with Gasteiger partial charge in [-0.1, -0.05) is 30.3 Å². The highest BCUT2D eigenvalue weighted by Crippen LogP contribution is 2.42. The number of hydrogen-bond acceptors (Lipinski definition) is 6. The van der Waals surface area contributed by atoms with Crippen molar-refractivity contribution in [3.8, 4) is 28.7 Å². The third-order valence-electron chi connectivity index (χ3n) is 5.55. The SMILES string of the molecule is N#Cc1cccnc1N1CCN(C(=O)Cc2c(Br)c(O)cc(O)c2-c2ccccc2)CC1. The van der Waals surface area contributed by atoms with E-state index in [9.17, 15) is 20.3 Å². The monoisotopic (exact) mass is 492 g/mol. The van der Waals surface area contributed by atoms with Crippen molar-refractivity contribution in [2.75, 3.05) is 31.1 Å². The highest BCUT2D eigenvalue weighted by Gasteiger charge is 2.26. The van der Waals surface area contributed by atoms with Gasteiger partial charge in [0.1, 0.15) is 23.4 Å². The molecule has 2 N–H and O–H groups in total. The molecular formula is C24H21BrN4O3. The number of nitrogens with zero attached hydrogens (tertiary/aromatic N) is 4. The highest BCUT2D eigenvalue weighted by molar-refractivity contribution is 9.10. The number of pyridine rings is 1. The van der Waals surface area contributed by atoms with Crippen molar-refractivity contribution in [3.63, 3.8) is 0 Å². The Balaban J connectivity index is 1.54. The van der Waals surface area contributed by atoms with Gasteiger partial charge in [0.15, 0.2) is 0 Å². The zero-order valence-corrected chi connectivity index (χ0v) is 18.8. The summed E-state index contributed by atoms with van der Waals surface area (Å²) in [4.78, 5) is 21.2. The fraction of sp³-hybridized carbons (Fsp3) is 0.208. The molecule has 1 amide bonds. The minimum Gasteiger partial charge on any atom is -0.507 e. The molecule has 32 heavy (non-hydrogen) atoms. The number of hydrogen-bond donors (Lipinski definition) is 2. The van der Waals surface area contributed by atoms with E-state index >= 15 is 0 Å². The van der Waals surface area contributed by atoms with Crippen molar-refractivity contribution in [3.05, 3.63) is 70.3 Å². The zero-order valence-electron chi connectivity index (χ0n) is 17.2. The molecule has 1 fully saturated rings. The zero-order chi connectivity index (χ0) is 22.7. The number of carbonyl (C=O) groups is 1. The van der Waals surface area contributed by atoms with E-state index in [2.05, 4.69) is 27.0 Å². The van der Waals surface area contributed by atoms with Crippen LogP contribution >= 0.6 is 15.9 Å². The lowest BCUT2D eigenvalue weighted by Crippen LogP contribution is -2.49. The predicted octanol–water partition coefficient (Wildman–Crippen LogP) is 3.69. The van der Waals surface area contributed by atoms with Crippen LogP contribution in [0.3, 0.4) is 0 Å². The number of amides is 1. The average Bonchev–Trinajstić information content (AvgIpc) is 2.83. The van der Waals surface area contributed by atoms with Crippen LogP contribution in [0.5, 0.6) is 11.5 Å². The third kappa shape index (κ3) is 4.25. The molecule has 7 nitrogen and oxygen atoms in total. The smallest absolute Gasteiger partial charge is 0.227 e. The standard InChI is InChI=1S/C24H21BrN4O3/c25-23-18(22(19(30)14-20(23)31)16-5-2-1-3-6-16)13-21(32)28-9-11-29(12-10-28)24-17(15-26)7-4-8-27-24/h1-8,14,30-31H,9-13H2. The molecule has 0 radical (unpaired) electrons. The molecule has 1 aromatic heterocycles. The molecule has 1 saturated heterocycles. The largest absolute Gasteiger partial charge is 0.507 e. The molecule has 3 aromatic rings. The van der Waals surface area contributed by atoms with E-state index < -0.39 is 0 Å². The normalized spacial score (nSPS) is 13.6. The number of piperazine rings is 1. The van der Waals surface area contributed by atoms with Gasteiger partial charge in [0, 0.05) is 44.0 Å². The van der Waals surface area contributed by atoms with Crippen molar-refractivity contribution >= 4 is 27.7 Å². The first kappa shape index (κ1) is 21.7. The number of aromatic nitrogens is 1. The third-order valence-corrected chi connectivity index (χ3v) is 6.44. The van der Waals surface area contributed by atoms with Crippen LogP contribution in [0.4, 0.5) is 5.82 Å². The predicted molar refractivity (Wildman–Crippen MR) is 124 cm³/mol. The maximum Gasteiger partial charge on any atom is 0.227 e. The Hall–Kier alpha value is -3.57. The van der Waals surface area contributed by atoms with Crippen LogP contribution in [-0.2, 0) is 11.2 Å². The minimum atomic E-state index is -0.117. The summed E-state index contributed by atoms with van der Waals surface area (Å²) in [5.41, 5.74) is 2.34. The lowest BCUT2D eigenvalue weighted by molar-refractivity contribution is -0.130. The van der Waals surface area contributed by atoms with Crippen LogP contribution in [-0.4, -0.2) is 52.2 Å². The fourth-order valence-electron chi connectivity index (χ4n) is 3.94. The van der Waals surface area contributed by atoms with Crippen molar-refractivity contribution in [2.45, 2.75) is 6.42 Å². The molecule has 0 aliphatic carbocycles. The molecule has 1 aliphatic rings. The van der Waals surface area contributed by atoms with Crippen molar-refractivity contribution < 1.29 is 15.0 Å². The van der Waals surface area contributed by atoms with Gasteiger partial charge in [-0.2, -0.15) is 5.26 Å². The van der Waals surface area contributed by atoms with E-state index in [1.54, 1.807) is 23.2 Å². The Morgan fingerprint density at radius 1 is 1.06 bits per heavy atom. The van der Waals surface area contributed by atoms with Gasteiger partial charge in [-0.25, -0.2) is 4.98 Å². The molecule has 0 saturated carbocycles. The highest BCUT2D eigenvalue weighted by atomic mass is 79.9. The van der Waals surface area contributed by atoms with E-state index in [0.29, 0.717) is 53.2 Å². The first-order valence-corrected chi connectivity index (χ1v) is 11.0. The number of halogens is 1. The Bertz CT molecular complexity index is 1190. The van der Waals surface area contributed by atoms with E-state index in [4.69, 9.17) is 0 Å². The maximum absolute atomic E-state index is 13.1. The van der Waals surface area contributed by atoms with Crippen LogP contribution in [0.1, 0.15) is 11.1 Å². The second-order valence-electron chi connectivity index (χ2n) is 7.48. The van der Waals surface area contributed by atoms with Crippen LogP contribution < -0.4 is 4.90 Å². The summed E-state index contributed by atoms with van der Waals surface area (Å²) in [6.45, 7) is 2.11. The molecule has 0 spiro atoms. The van der Waals surface area contributed by atoms with Crippen LogP contribution in [0.2, 0.25) is 0 Å². The van der Waals surface area contributed by atoms with Crippen LogP contribution in [0.25, 0.3) is 11.1 Å². The average molecular weight is 493 g/mol. The van der Waals surface area contributed by atoms with E-state index in [-0.39, 0.29) is 23.8 Å². The molecule has 0 bridgehead atoms. The number of nitriles is 1. The second kappa shape index (κ2) is 9.28. The summed E-state index contributed by atoms with van der Waals surface area (Å²) >= 11 is 3.39. The molecular weight excluding hydrogens is 472 g/mol. The molecule has 1 aliphatic heterocycles. The lowest BCUT2D eigenvalue weighted by atomic mass is 9.95. The number of anilines is 1. The number of phenols is 2. The summed E-state index contributed by atoms with van der Waals surface area (Å²) in [5, 5.41) is 30.1. The lowest BCUT2D eigenvalue weighted by Gasteiger charge is -2.36. The summed E-state index contributed by atoms with van der Waals surface area (Å²) in [6, 6.07) is 16.2. The first-order chi connectivity index (χ1) is 15.5. The topological polar surface area (TPSA) is 101 Å². The number of phenolic OH excluding ortho intramolecular Hbond substituents is 2. The molecule has 8 heteroatoms. The number of benzene rings is 2. The van der Waals surface area contributed by atoms with Crippen LogP contribution in [0.15, 0.2) is 59.2 Å². The fourth-order valence-corrected chi connectivity index (χ4v) is 4.40. The van der Waals surface area contributed by atoms with Gasteiger partial charge in [0.25, 0.3) is 0 Å². The molecule has 0 unspecified atom stereocenters. The second-order valence-corrected chi connectivity index (χ2v) is 8.27. The Morgan fingerprint density at radius 3 is 2.47 bits per heavy atom. The van der Waals surface area contributed by atoms with Gasteiger partial charge < -0.3 is 20.0 Å². The van der Waals surface area contributed by atoms with E-state index in [0.717, 1.165) is 5.56 Å². The summed E-state index contributed by atoms with van der Waals surface area (Å²) in [6.07, 6.45) is 1.69. The van der Waals surface area contributed by atoms with Crippen LogP contribution in [0, 0.1) is 11.3 Å². The molecule has 2 aromatic carbocycles. The van der Waals surface area contributed by atoms with Gasteiger partial charge in [-0.15, -0.1) is 0 Å². The summed E-state index contributed by atoms with van der Waals surface area (Å²) in [5.74, 6) is 0.334. The van der Waals surface area contributed by atoms with Gasteiger partial charge in [-0.05, 0) is 39.2 Å². The maximum atomic E-state index is 13.1. The molecule has 4 rings (SSSR count). The molecule has 2 heterocycles. The Kier molecular flexibility index (Phi) is 6.28. The first-order valence-electron chi connectivity index (χ1n) is 10.2. The van der Waals surface area contributed by atoms with E-state index in [1.807, 2.05) is 35.2 Å². The Labute approximate surface area is 194 Å². The van der Waals surface area contributed by atoms with Gasteiger partial charge in [0.2, 0.25) is 5.91 Å². The molecule has 162 valence electrons. The van der Waals surface area contributed by atoms with Crippen molar-refractivity contribution in [1.82, 2.24) is 9.88 Å². The van der Waals surface area contributed by atoms with Crippen molar-refractivity contribution in [1.29, 1.82) is 5.26 Å². The quantitative estimate of drug-likeness (QED) is 0.575. The van der Waals surface area contributed by atoms with E-state index in [1.165, 1.54) is 6.07 Å². The number of aromatic hydroxyl groups is 2. The van der Waals surface area contributed by atoms with Gasteiger partial charge >= 0.3 is 0 Å². The molecule has 0 atom stereocenters. The Morgan fingerprint density at radius 2 is 1.78 bits per heavy atom. The van der Waals surface area contributed by atoms with Crippen molar-refractivity contribution in [2.24, 2.45) is 0 Å². The number of carbonyl (C=O) groups excluding carboxylic acids is 1. The summed E-state index contributed by atoms with van der Waals surface area (Å²) < 4.78 is 0.397.